The number of unbranched alkanes of at least 4 members (excludes halogenated alkanes) is 45. The van der Waals surface area contributed by atoms with Gasteiger partial charge in [-0.05, 0) is 44.6 Å². The number of hydrogen-bond donors (Lipinski definition) is 0. The molecule has 0 amide bonds. The van der Waals surface area contributed by atoms with E-state index in [4.69, 9.17) is 0 Å². The van der Waals surface area contributed by atoms with E-state index in [0.29, 0.717) is 0 Å². The van der Waals surface area contributed by atoms with Crippen molar-refractivity contribution < 1.29 is 4.48 Å². The van der Waals surface area contributed by atoms with Gasteiger partial charge in [-0.1, -0.05) is 297 Å². The molecule has 0 atom stereocenters. The van der Waals surface area contributed by atoms with Crippen LogP contribution in [-0.2, 0) is 0 Å². The second-order valence-corrected chi connectivity index (χ2v) is 19.9. The molecule has 1 heteroatoms. The molecule has 0 heterocycles. The van der Waals surface area contributed by atoms with Crippen LogP contribution in [0.2, 0.25) is 0 Å². The number of quaternary nitrogens is 1. The van der Waals surface area contributed by atoms with Crippen LogP contribution in [0.25, 0.3) is 0 Å². The van der Waals surface area contributed by atoms with Crippen LogP contribution >= 0.6 is 0 Å². The lowest BCUT2D eigenvalue weighted by Crippen LogP contribution is -2.50. The van der Waals surface area contributed by atoms with Crippen LogP contribution in [0.4, 0.5) is 0 Å². The lowest BCUT2D eigenvalue weighted by atomic mass is 10.0. The summed E-state index contributed by atoms with van der Waals surface area (Å²) in [6.45, 7) is 16.7. The lowest BCUT2D eigenvalue weighted by molar-refractivity contribution is -0.923. The molecule has 0 aliphatic rings. The molecule has 0 spiro atoms. The molecule has 0 aliphatic carbocycles. The Morgan fingerprint density at radius 1 is 0.224 bits per heavy atom. The molecule has 0 fully saturated rings. The molecule has 0 bridgehead atoms. The third kappa shape index (κ3) is 45.2. The second-order valence-electron chi connectivity index (χ2n) is 19.9. The van der Waals surface area contributed by atoms with Gasteiger partial charge in [0.05, 0.1) is 26.2 Å². The zero-order valence-electron chi connectivity index (χ0n) is 41.5. The average Bonchev–Trinajstić information content (AvgIpc) is 3.23. The molecular weight excluding hydrogens is 699 g/mol. The lowest BCUT2D eigenvalue weighted by Gasteiger charge is -2.38. The molecule has 0 aromatic rings. The van der Waals surface area contributed by atoms with E-state index in [0.717, 1.165) is 0 Å². The summed E-state index contributed by atoms with van der Waals surface area (Å²) in [7, 11) is 0. The van der Waals surface area contributed by atoms with Gasteiger partial charge in [-0.25, -0.2) is 0 Å². The van der Waals surface area contributed by atoms with Gasteiger partial charge >= 0.3 is 0 Å². The monoisotopic (exact) mass is 815 g/mol. The summed E-state index contributed by atoms with van der Waals surface area (Å²) in [4.78, 5) is 0. The quantitative estimate of drug-likeness (QED) is 0.0326. The standard InChI is InChI=1S/C57H116N/c1-5-9-12-15-18-21-24-27-30-33-36-39-42-45-48-51-55-58(54-8-4,56-52-49-46-43-40-37-34-31-28-25-22-19-16-13-10-6-2)57-53-50-47-44-41-38-35-32-29-26-23-20-17-14-11-7-3/h8H,4-7,9-57H2,1-3H3/q+1. The van der Waals surface area contributed by atoms with E-state index < -0.39 is 0 Å². The molecule has 0 aromatic heterocycles. The molecule has 0 rings (SSSR count). The van der Waals surface area contributed by atoms with Crippen LogP contribution in [-0.4, -0.2) is 30.7 Å². The molecule has 0 saturated carbocycles. The fourth-order valence-electron chi connectivity index (χ4n) is 9.87. The Labute approximate surface area is 370 Å². The first-order valence-electron chi connectivity index (χ1n) is 28.2. The first-order chi connectivity index (χ1) is 28.7. The zero-order chi connectivity index (χ0) is 42.0. The molecule has 0 aromatic carbocycles. The third-order valence-electron chi connectivity index (χ3n) is 14.0. The van der Waals surface area contributed by atoms with Gasteiger partial charge in [0, 0.05) is 0 Å². The predicted octanol–water partition coefficient (Wildman–Crippen LogP) is 20.8. The molecule has 348 valence electrons. The highest BCUT2D eigenvalue weighted by Crippen LogP contribution is 2.21. The van der Waals surface area contributed by atoms with E-state index in [2.05, 4.69) is 33.4 Å². The van der Waals surface area contributed by atoms with E-state index in [1.165, 1.54) is 339 Å². The molecule has 0 saturated heterocycles. The summed E-state index contributed by atoms with van der Waals surface area (Å²) >= 11 is 0. The Kier molecular flexibility index (Phi) is 50.8. The van der Waals surface area contributed by atoms with Gasteiger partial charge in [-0.2, -0.15) is 0 Å². The summed E-state index contributed by atoms with van der Waals surface area (Å²) in [6, 6.07) is 0. The summed E-state index contributed by atoms with van der Waals surface area (Å²) in [5.41, 5.74) is 0. The van der Waals surface area contributed by atoms with Gasteiger partial charge in [-0.15, -0.1) is 0 Å². The smallest absolute Gasteiger partial charge is 0.0971 e. The molecule has 1 nitrogen and oxygen atoms in total. The van der Waals surface area contributed by atoms with Crippen molar-refractivity contribution >= 4 is 0 Å². The Morgan fingerprint density at radius 3 is 0.500 bits per heavy atom. The SMILES string of the molecule is C=CC[N+](CCCCCCCCCCCCCCCCCC)(CCCCCCCCCCCCCCCCCC)CCCCCCCCCCCCCCCCCC. The Bertz CT molecular complexity index is 638. The van der Waals surface area contributed by atoms with E-state index >= 15 is 0 Å². The van der Waals surface area contributed by atoms with Gasteiger partial charge < -0.3 is 4.48 Å². The van der Waals surface area contributed by atoms with Crippen molar-refractivity contribution in [1.29, 1.82) is 0 Å². The van der Waals surface area contributed by atoms with Gasteiger partial charge in [0.25, 0.3) is 0 Å². The van der Waals surface area contributed by atoms with E-state index in [-0.39, 0.29) is 0 Å². The maximum Gasteiger partial charge on any atom is 0.0971 e. The second kappa shape index (κ2) is 51.1. The van der Waals surface area contributed by atoms with E-state index in [9.17, 15) is 0 Å². The van der Waals surface area contributed by atoms with Gasteiger partial charge in [-0.3, -0.25) is 0 Å². The third-order valence-corrected chi connectivity index (χ3v) is 14.0. The first-order valence-corrected chi connectivity index (χ1v) is 28.2. The Hall–Kier alpha value is -0.300. The maximum absolute atomic E-state index is 4.30. The Morgan fingerprint density at radius 2 is 0.362 bits per heavy atom. The minimum Gasteiger partial charge on any atom is -0.320 e. The van der Waals surface area contributed by atoms with E-state index in [1.54, 1.807) is 0 Å². The van der Waals surface area contributed by atoms with Crippen molar-refractivity contribution in [1.82, 2.24) is 0 Å². The normalized spacial score (nSPS) is 11.9. The fraction of sp³-hybridized carbons (Fsp3) is 0.965. The van der Waals surface area contributed by atoms with Crippen LogP contribution < -0.4 is 0 Å². The topological polar surface area (TPSA) is 0 Å². The zero-order valence-corrected chi connectivity index (χ0v) is 41.5. The van der Waals surface area contributed by atoms with Crippen molar-refractivity contribution in [2.24, 2.45) is 0 Å². The first kappa shape index (κ1) is 57.7. The highest BCUT2D eigenvalue weighted by molar-refractivity contribution is 4.67. The van der Waals surface area contributed by atoms with E-state index in [1.807, 2.05) is 0 Å². The van der Waals surface area contributed by atoms with Crippen LogP contribution in [0.15, 0.2) is 12.7 Å². The van der Waals surface area contributed by atoms with Crippen molar-refractivity contribution in [3.8, 4) is 0 Å². The van der Waals surface area contributed by atoms with Gasteiger partial charge in [0.15, 0.2) is 0 Å². The van der Waals surface area contributed by atoms with Crippen LogP contribution in [0.5, 0.6) is 0 Å². The predicted molar refractivity (Wildman–Crippen MR) is 269 cm³/mol. The van der Waals surface area contributed by atoms with Gasteiger partial charge in [0.1, 0.15) is 0 Å². The molecule has 0 N–H and O–H groups in total. The van der Waals surface area contributed by atoms with Crippen molar-refractivity contribution in [2.45, 2.75) is 329 Å². The fourth-order valence-corrected chi connectivity index (χ4v) is 9.87. The largest absolute Gasteiger partial charge is 0.320 e. The molecular formula is C57H116N+. The molecule has 0 aliphatic heterocycles. The highest BCUT2D eigenvalue weighted by Gasteiger charge is 2.24. The Balaban J connectivity index is 4.31. The molecule has 0 unspecified atom stereocenters. The van der Waals surface area contributed by atoms with Crippen molar-refractivity contribution in [2.75, 3.05) is 26.2 Å². The number of hydrogen-bond acceptors (Lipinski definition) is 0. The van der Waals surface area contributed by atoms with Crippen molar-refractivity contribution in [3.63, 3.8) is 0 Å². The summed E-state index contributed by atoms with van der Waals surface area (Å²) in [5, 5.41) is 0. The molecule has 58 heavy (non-hydrogen) atoms. The summed E-state index contributed by atoms with van der Waals surface area (Å²) in [5.74, 6) is 0. The summed E-state index contributed by atoms with van der Waals surface area (Å²) in [6.07, 6.45) is 72.5. The van der Waals surface area contributed by atoms with Crippen LogP contribution in [0.1, 0.15) is 329 Å². The van der Waals surface area contributed by atoms with Crippen LogP contribution in [0, 0.1) is 0 Å². The summed E-state index contributed by atoms with van der Waals surface area (Å²) < 4.78 is 1.35. The molecule has 0 radical (unpaired) electrons. The van der Waals surface area contributed by atoms with Crippen molar-refractivity contribution in [3.05, 3.63) is 12.7 Å². The van der Waals surface area contributed by atoms with Gasteiger partial charge in [0.2, 0.25) is 0 Å². The minimum absolute atomic E-state index is 1.20. The maximum atomic E-state index is 4.30. The number of nitrogens with zero attached hydrogens (tertiary/aromatic N) is 1. The average molecular weight is 816 g/mol. The highest BCUT2D eigenvalue weighted by atomic mass is 15.3. The minimum atomic E-state index is 1.20. The van der Waals surface area contributed by atoms with Crippen LogP contribution in [0.3, 0.4) is 0 Å². The number of rotatable bonds is 53.